The molecule has 8 nitrogen and oxygen atoms in total. The van der Waals surface area contributed by atoms with E-state index in [2.05, 4.69) is 20.5 Å². The lowest BCUT2D eigenvalue weighted by Gasteiger charge is -2.04. The molecule has 0 aliphatic rings. The van der Waals surface area contributed by atoms with Crippen molar-refractivity contribution in [1.82, 2.24) is 19.9 Å². The van der Waals surface area contributed by atoms with E-state index in [0.29, 0.717) is 28.3 Å². The van der Waals surface area contributed by atoms with E-state index in [1.165, 1.54) is 22.1 Å². The van der Waals surface area contributed by atoms with Crippen LogP contribution >= 0.6 is 23.1 Å². The number of nitrogens with zero attached hydrogens (tertiary/aromatic N) is 4. The molecule has 0 aliphatic carbocycles. The maximum atomic E-state index is 13.8. The standard InChI is InChI=1S/C20H19FN6O2S2/c1-2-29-13-7-8-15-16(10-13)31-19(23-15)24-18(28)11-30-20-26-25-17(27(20)22)9-12-5-3-4-6-14(12)21/h3-8,10H,2,9,11,22H2,1H3,(H,23,24,28). The van der Waals surface area contributed by atoms with Crippen molar-refractivity contribution in [1.29, 1.82) is 0 Å². The van der Waals surface area contributed by atoms with Crippen LogP contribution in [0.2, 0.25) is 0 Å². The number of nitrogens with two attached hydrogens (primary N) is 1. The van der Waals surface area contributed by atoms with Gasteiger partial charge in [0.05, 0.1) is 22.6 Å². The van der Waals surface area contributed by atoms with Crippen molar-refractivity contribution in [2.75, 3.05) is 23.5 Å². The van der Waals surface area contributed by atoms with E-state index in [0.717, 1.165) is 27.7 Å². The number of thioether (sulfide) groups is 1. The van der Waals surface area contributed by atoms with Crippen molar-refractivity contribution in [2.45, 2.75) is 18.5 Å². The summed E-state index contributed by atoms with van der Waals surface area (Å²) < 4.78 is 21.5. The highest BCUT2D eigenvalue weighted by molar-refractivity contribution is 7.99. The van der Waals surface area contributed by atoms with Gasteiger partial charge in [-0.2, -0.15) is 0 Å². The fourth-order valence-corrected chi connectivity index (χ4v) is 4.42. The molecule has 160 valence electrons. The second-order valence-corrected chi connectivity index (χ2v) is 8.43. The van der Waals surface area contributed by atoms with Crippen LogP contribution in [0.1, 0.15) is 18.3 Å². The van der Waals surface area contributed by atoms with Crippen molar-refractivity contribution < 1.29 is 13.9 Å². The Morgan fingerprint density at radius 3 is 2.94 bits per heavy atom. The van der Waals surface area contributed by atoms with Gasteiger partial charge >= 0.3 is 0 Å². The Kier molecular flexibility index (Phi) is 6.33. The molecule has 0 bridgehead atoms. The molecule has 2 aromatic heterocycles. The van der Waals surface area contributed by atoms with Crippen LogP contribution in [0.4, 0.5) is 9.52 Å². The van der Waals surface area contributed by atoms with Gasteiger partial charge in [-0.25, -0.2) is 14.1 Å². The molecule has 1 amide bonds. The molecule has 4 aromatic rings. The lowest BCUT2D eigenvalue weighted by molar-refractivity contribution is -0.113. The number of benzene rings is 2. The average Bonchev–Trinajstić information content (AvgIpc) is 3.31. The van der Waals surface area contributed by atoms with Crippen LogP contribution in [-0.4, -0.2) is 38.1 Å². The van der Waals surface area contributed by atoms with Crippen LogP contribution in [0.5, 0.6) is 5.75 Å². The summed E-state index contributed by atoms with van der Waals surface area (Å²) in [7, 11) is 0. The van der Waals surface area contributed by atoms with Gasteiger partial charge < -0.3 is 15.9 Å². The number of thiazole rings is 1. The van der Waals surface area contributed by atoms with Crippen molar-refractivity contribution in [3.05, 3.63) is 59.7 Å². The van der Waals surface area contributed by atoms with E-state index in [-0.39, 0.29) is 23.9 Å². The Hall–Kier alpha value is -3.18. The molecular weight excluding hydrogens is 439 g/mol. The number of ether oxygens (including phenoxy) is 1. The third-order valence-electron chi connectivity index (χ3n) is 4.29. The smallest absolute Gasteiger partial charge is 0.236 e. The molecule has 0 unspecified atom stereocenters. The van der Waals surface area contributed by atoms with Gasteiger partial charge in [0.1, 0.15) is 11.6 Å². The molecule has 0 spiro atoms. The molecular formula is C20H19FN6O2S2. The zero-order valence-electron chi connectivity index (χ0n) is 16.5. The second kappa shape index (κ2) is 9.31. The molecule has 0 radical (unpaired) electrons. The zero-order chi connectivity index (χ0) is 21.8. The fourth-order valence-electron chi connectivity index (χ4n) is 2.84. The van der Waals surface area contributed by atoms with E-state index in [4.69, 9.17) is 10.6 Å². The predicted octanol–water partition coefficient (Wildman–Crippen LogP) is 3.46. The highest BCUT2D eigenvalue weighted by Crippen LogP contribution is 2.29. The summed E-state index contributed by atoms with van der Waals surface area (Å²) in [4.78, 5) is 16.8. The van der Waals surface area contributed by atoms with Gasteiger partial charge in [0.2, 0.25) is 11.1 Å². The van der Waals surface area contributed by atoms with Crippen LogP contribution in [0.25, 0.3) is 10.2 Å². The van der Waals surface area contributed by atoms with Gasteiger partial charge in [-0.3, -0.25) is 4.79 Å². The van der Waals surface area contributed by atoms with E-state index < -0.39 is 0 Å². The maximum Gasteiger partial charge on any atom is 0.236 e. The number of fused-ring (bicyclic) bond motifs is 1. The number of nitrogens with one attached hydrogen (secondary N) is 1. The summed E-state index contributed by atoms with van der Waals surface area (Å²) in [6.45, 7) is 2.50. The fraction of sp³-hybridized carbons (Fsp3) is 0.200. The largest absolute Gasteiger partial charge is 0.494 e. The molecule has 0 aliphatic heterocycles. The first-order valence-electron chi connectivity index (χ1n) is 9.42. The molecule has 3 N–H and O–H groups in total. The molecule has 2 heterocycles. The number of anilines is 1. The first-order chi connectivity index (χ1) is 15.0. The first kappa shape index (κ1) is 21.1. The monoisotopic (exact) mass is 458 g/mol. The molecule has 4 rings (SSSR count). The number of amides is 1. The average molecular weight is 459 g/mol. The van der Waals surface area contributed by atoms with Crippen molar-refractivity contribution in [3.8, 4) is 5.75 Å². The number of carbonyl (C=O) groups excluding carboxylic acids is 1. The second-order valence-electron chi connectivity index (χ2n) is 6.46. The number of halogens is 1. The Morgan fingerprint density at radius 1 is 1.29 bits per heavy atom. The quantitative estimate of drug-likeness (QED) is 0.307. The summed E-state index contributed by atoms with van der Waals surface area (Å²) in [5, 5.41) is 11.7. The highest BCUT2D eigenvalue weighted by atomic mass is 32.2. The highest BCUT2D eigenvalue weighted by Gasteiger charge is 2.15. The normalized spacial score (nSPS) is 11.0. The van der Waals surface area contributed by atoms with Gasteiger partial charge in [-0.15, -0.1) is 10.2 Å². The summed E-state index contributed by atoms with van der Waals surface area (Å²) in [6, 6.07) is 12.0. The molecule has 0 fully saturated rings. The summed E-state index contributed by atoms with van der Waals surface area (Å²) in [6.07, 6.45) is 0.207. The topological polar surface area (TPSA) is 108 Å². The maximum absolute atomic E-state index is 13.8. The van der Waals surface area contributed by atoms with Crippen LogP contribution in [0.3, 0.4) is 0 Å². The van der Waals surface area contributed by atoms with Crippen LogP contribution in [0.15, 0.2) is 47.6 Å². The number of carbonyl (C=O) groups is 1. The molecule has 2 aromatic carbocycles. The van der Waals surface area contributed by atoms with Gasteiger partial charge in [-0.1, -0.05) is 41.3 Å². The number of nitrogen functional groups attached to an aromatic ring is 1. The van der Waals surface area contributed by atoms with Gasteiger partial charge in [-0.05, 0) is 36.8 Å². The minimum Gasteiger partial charge on any atom is -0.494 e. The molecule has 0 saturated heterocycles. The Morgan fingerprint density at radius 2 is 2.13 bits per heavy atom. The number of aromatic nitrogens is 4. The summed E-state index contributed by atoms with van der Waals surface area (Å²) in [5.41, 5.74) is 1.26. The lowest BCUT2D eigenvalue weighted by Crippen LogP contribution is -2.17. The first-order valence-corrected chi connectivity index (χ1v) is 11.2. The predicted molar refractivity (Wildman–Crippen MR) is 120 cm³/mol. The minimum absolute atomic E-state index is 0.0785. The summed E-state index contributed by atoms with van der Waals surface area (Å²) >= 11 is 2.51. The van der Waals surface area contributed by atoms with Crippen molar-refractivity contribution >= 4 is 44.4 Å². The van der Waals surface area contributed by atoms with Crippen LogP contribution in [0, 0.1) is 5.82 Å². The molecule has 0 atom stereocenters. The number of hydrogen-bond donors (Lipinski definition) is 2. The molecule has 31 heavy (non-hydrogen) atoms. The Bertz CT molecular complexity index is 1230. The zero-order valence-corrected chi connectivity index (χ0v) is 18.2. The lowest BCUT2D eigenvalue weighted by atomic mass is 10.1. The van der Waals surface area contributed by atoms with E-state index in [1.807, 2.05) is 25.1 Å². The summed E-state index contributed by atoms with van der Waals surface area (Å²) in [5.74, 6) is 6.70. The SMILES string of the molecule is CCOc1ccc2nc(NC(=O)CSc3nnc(Cc4ccccc4F)n3N)sc2c1. The van der Waals surface area contributed by atoms with Gasteiger partial charge in [0, 0.05) is 6.42 Å². The van der Waals surface area contributed by atoms with E-state index >= 15 is 0 Å². The molecule has 0 saturated carbocycles. The van der Waals surface area contributed by atoms with E-state index in [1.54, 1.807) is 18.2 Å². The van der Waals surface area contributed by atoms with Gasteiger partial charge in [0.25, 0.3) is 0 Å². The Labute approximate surface area is 185 Å². The number of hydrogen-bond acceptors (Lipinski definition) is 8. The Balaban J connectivity index is 1.36. The van der Waals surface area contributed by atoms with E-state index in [9.17, 15) is 9.18 Å². The van der Waals surface area contributed by atoms with Gasteiger partial charge in [0.15, 0.2) is 11.0 Å². The van der Waals surface area contributed by atoms with Crippen LogP contribution in [-0.2, 0) is 11.2 Å². The minimum atomic E-state index is -0.330. The number of rotatable bonds is 8. The third-order valence-corrected chi connectivity index (χ3v) is 6.17. The van der Waals surface area contributed by atoms with Crippen molar-refractivity contribution in [3.63, 3.8) is 0 Å². The third kappa shape index (κ3) is 4.94. The van der Waals surface area contributed by atoms with Crippen molar-refractivity contribution in [2.24, 2.45) is 0 Å². The van der Waals surface area contributed by atoms with Crippen LogP contribution < -0.4 is 15.9 Å². The molecule has 11 heteroatoms.